The lowest BCUT2D eigenvalue weighted by Crippen LogP contribution is -2.43. The monoisotopic (exact) mass is 470 g/mol. The second-order valence-corrected chi connectivity index (χ2v) is 11.7. The second-order valence-electron chi connectivity index (χ2n) is 11.7. The number of carbonyl (C=O) groups is 2. The van der Waals surface area contributed by atoms with Crippen molar-refractivity contribution in [3.8, 4) is 0 Å². The summed E-state index contributed by atoms with van der Waals surface area (Å²) in [4.78, 5) is 23.0. The Morgan fingerprint density at radius 1 is 0.941 bits per heavy atom. The molecule has 0 aromatic heterocycles. The van der Waals surface area contributed by atoms with Gasteiger partial charge in [0, 0.05) is 12.8 Å². The van der Waals surface area contributed by atoms with Gasteiger partial charge >= 0.3 is 11.9 Å². The number of carboxylic acid groups (broad SMARTS) is 2. The molecule has 0 aromatic rings. The van der Waals surface area contributed by atoms with E-state index in [1.165, 1.54) is 11.1 Å². The number of allylic oxidation sites excluding steroid dienone is 5. The highest BCUT2D eigenvalue weighted by Crippen LogP contribution is 2.57. The van der Waals surface area contributed by atoms with E-state index >= 15 is 0 Å². The van der Waals surface area contributed by atoms with Crippen LogP contribution in [-0.2, 0) is 9.59 Å². The van der Waals surface area contributed by atoms with Gasteiger partial charge in [0.1, 0.15) is 0 Å². The van der Waals surface area contributed by atoms with Gasteiger partial charge in [-0.2, -0.15) is 0 Å². The normalized spacial score (nSPS) is 33.8. The van der Waals surface area contributed by atoms with Crippen LogP contribution in [0.4, 0.5) is 0 Å². The molecule has 1 saturated carbocycles. The first-order chi connectivity index (χ1) is 15.7. The quantitative estimate of drug-likeness (QED) is 0.302. The first kappa shape index (κ1) is 28.1. The maximum absolute atomic E-state index is 11.5. The fourth-order valence-electron chi connectivity index (χ4n) is 7.47. The summed E-state index contributed by atoms with van der Waals surface area (Å²) in [5, 5.41) is 18.9. The highest BCUT2D eigenvalue weighted by molar-refractivity contribution is 5.67. The van der Waals surface area contributed by atoms with Gasteiger partial charge in [-0.05, 0) is 100 Å². The van der Waals surface area contributed by atoms with Crippen LogP contribution in [-0.4, -0.2) is 22.2 Å². The number of carboxylic acids is 2. The van der Waals surface area contributed by atoms with Crippen LogP contribution >= 0.6 is 0 Å². The summed E-state index contributed by atoms with van der Waals surface area (Å²) in [5.41, 5.74) is 4.48. The van der Waals surface area contributed by atoms with Crippen LogP contribution in [0.2, 0.25) is 0 Å². The van der Waals surface area contributed by atoms with Crippen LogP contribution in [0.25, 0.3) is 0 Å². The van der Waals surface area contributed by atoms with Crippen LogP contribution in [0.1, 0.15) is 92.4 Å². The van der Waals surface area contributed by atoms with Gasteiger partial charge in [0.2, 0.25) is 0 Å². The number of hydrogen-bond donors (Lipinski definition) is 2. The zero-order chi connectivity index (χ0) is 25.8. The lowest BCUT2D eigenvalue weighted by molar-refractivity contribution is -0.139. The molecule has 34 heavy (non-hydrogen) atoms. The Hall–Kier alpha value is -2.10. The van der Waals surface area contributed by atoms with Gasteiger partial charge in [-0.25, -0.2) is 0 Å². The summed E-state index contributed by atoms with van der Waals surface area (Å²) < 4.78 is 0. The van der Waals surface area contributed by atoms with Crippen molar-refractivity contribution in [1.29, 1.82) is 0 Å². The maximum Gasteiger partial charge on any atom is 0.303 e. The molecular formula is C30H46O4. The Bertz CT molecular complexity index is 865. The molecule has 0 aliphatic heterocycles. The molecule has 0 radical (unpaired) electrons. The minimum Gasteiger partial charge on any atom is -0.481 e. The van der Waals surface area contributed by atoms with Crippen molar-refractivity contribution >= 4 is 11.9 Å². The SMILES string of the molecule is C=C(C)[C@@H]1CCC(=C)[C@H](CC[C@H]2C(C)=CC[C@@H](C(=C)C)[C@]2(C)CCC(=O)O)[C@@]1(C)CCC(=O)O. The predicted octanol–water partition coefficient (Wildman–Crippen LogP) is 7.83. The third-order valence-corrected chi connectivity index (χ3v) is 9.35. The molecule has 4 nitrogen and oxygen atoms in total. The highest BCUT2D eigenvalue weighted by atomic mass is 16.4. The van der Waals surface area contributed by atoms with E-state index in [2.05, 4.69) is 60.4 Å². The molecule has 2 aliphatic rings. The van der Waals surface area contributed by atoms with Gasteiger partial charge in [0.25, 0.3) is 0 Å². The molecule has 0 aromatic carbocycles. The maximum atomic E-state index is 11.5. The Morgan fingerprint density at radius 3 is 1.88 bits per heavy atom. The summed E-state index contributed by atoms with van der Waals surface area (Å²) in [6, 6.07) is 0. The van der Waals surface area contributed by atoms with Gasteiger partial charge in [0.15, 0.2) is 0 Å². The van der Waals surface area contributed by atoms with Crippen molar-refractivity contribution in [2.75, 3.05) is 0 Å². The molecule has 0 spiro atoms. The topological polar surface area (TPSA) is 74.6 Å². The van der Waals surface area contributed by atoms with Crippen molar-refractivity contribution in [2.24, 2.45) is 34.5 Å². The Morgan fingerprint density at radius 2 is 1.41 bits per heavy atom. The van der Waals surface area contributed by atoms with Crippen LogP contribution < -0.4 is 0 Å². The molecular weight excluding hydrogens is 424 g/mol. The third-order valence-electron chi connectivity index (χ3n) is 9.35. The summed E-state index contributed by atoms with van der Waals surface area (Å²) >= 11 is 0. The molecule has 1 fully saturated rings. The van der Waals surface area contributed by atoms with Gasteiger partial charge < -0.3 is 10.2 Å². The largest absolute Gasteiger partial charge is 0.481 e. The highest BCUT2D eigenvalue weighted by Gasteiger charge is 2.48. The average Bonchev–Trinajstić information content (AvgIpc) is 2.72. The Labute approximate surface area is 206 Å². The summed E-state index contributed by atoms with van der Waals surface area (Å²) in [5.74, 6) is -0.469. The van der Waals surface area contributed by atoms with E-state index in [-0.39, 0.29) is 47.3 Å². The van der Waals surface area contributed by atoms with E-state index < -0.39 is 11.9 Å². The summed E-state index contributed by atoms with van der Waals surface area (Å²) in [7, 11) is 0. The van der Waals surface area contributed by atoms with E-state index in [0.29, 0.717) is 12.8 Å². The molecule has 4 heteroatoms. The molecule has 2 aliphatic carbocycles. The summed E-state index contributed by atoms with van der Waals surface area (Å²) in [6.45, 7) is 23.8. The van der Waals surface area contributed by atoms with Crippen LogP contribution in [0.5, 0.6) is 0 Å². The standard InChI is InChI=1S/C30H46O4/c1-19(2)23-11-9-21(5)25(29(23,7)17-15-27(31)32)13-14-26-22(6)10-12-24(20(3)4)30(26,8)18-16-28(33)34/h10,23-26H,1,3,5,9,11-18H2,2,4,6-8H3,(H,31,32)(H,33,34)/t23-,24-,25-,26-,29-,30-/m0/s1. The first-order valence-electron chi connectivity index (χ1n) is 12.8. The third kappa shape index (κ3) is 5.93. The first-order valence-corrected chi connectivity index (χ1v) is 12.8. The zero-order valence-electron chi connectivity index (χ0n) is 22.1. The molecule has 2 rings (SSSR count). The van der Waals surface area contributed by atoms with Gasteiger partial charge in [0.05, 0.1) is 0 Å². The number of aliphatic carboxylic acids is 2. The number of hydrogen-bond acceptors (Lipinski definition) is 2. The van der Waals surface area contributed by atoms with Crippen LogP contribution in [0.15, 0.2) is 48.1 Å². The molecule has 0 amide bonds. The fraction of sp³-hybridized carbons (Fsp3) is 0.667. The Balaban J connectivity index is 2.38. The number of rotatable bonds is 11. The van der Waals surface area contributed by atoms with E-state index in [1.807, 2.05) is 0 Å². The van der Waals surface area contributed by atoms with Crippen molar-refractivity contribution in [3.63, 3.8) is 0 Å². The van der Waals surface area contributed by atoms with Gasteiger partial charge in [-0.15, -0.1) is 0 Å². The summed E-state index contributed by atoms with van der Waals surface area (Å²) in [6.07, 6.45) is 8.61. The minimum absolute atomic E-state index is 0.153. The molecule has 0 unspecified atom stereocenters. The molecule has 0 heterocycles. The van der Waals surface area contributed by atoms with Crippen molar-refractivity contribution in [3.05, 3.63) is 48.1 Å². The van der Waals surface area contributed by atoms with Crippen molar-refractivity contribution in [1.82, 2.24) is 0 Å². The van der Waals surface area contributed by atoms with Crippen LogP contribution in [0.3, 0.4) is 0 Å². The van der Waals surface area contributed by atoms with E-state index in [0.717, 1.165) is 43.3 Å². The van der Waals surface area contributed by atoms with E-state index in [9.17, 15) is 19.8 Å². The molecule has 0 bridgehead atoms. The molecule has 190 valence electrons. The van der Waals surface area contributed by atoms with Crippen LogP contribution in [0, 0.1) is 34.5 Å². The zero-order valence-corrected chi connectivity index (χ0v) is 22.1. The van der Waals surface area contributed by atoms with Crippen molar-refractivity contribution < 1.29 is 19.8 Å². The fourth-order valence-corrected chi connectivity index (χ4v) is 7.47. The smallest absolute Gasteiger partial charge is 0.303 e. The van der Waals surface area contributed by atoms with E-state index in [4.69, 9.17) is 0 Å². The van der Waals surface area contributed by atoms with Gasteiger partial charge in [-0.3, -0.25) is 9.59 Å². The van der Waals surface area contributed by atoms with Gasteiger partial charge in [-0.1, -0.05) is 62.0 Å². The Kier molecular flexibility index (Phi) is 9.18. The minimum atomic E-state index is -0.756. The lowest BCUT2D eigenvalue weighted by Gasteiger charge is -2.52. The van der Waals surface area contributed by atoms with Crippen molar-refractivity contribution in [2.45, 2.75) is 92.4 Å². The lowest BCUT2D eigenvalue weighted by atomic mass is 9.53. The predicted molar refractivity (Wildman–Crippen MR) is 140 cm³/mol. The van der Waals surface area contributed by atoms with E-state index in [1.54, 1.807) is 0 Å². The second kappa shape index (κ2) is 11.1. The average molecular weight is 471 g/mol. The molecule has 0 saturated heterocycles. The molecule has 2 N–H and O–H groups in total. The molecule has 6 atom stereocenters.